The van der Waals surface area contributed by atoms with Crippen LogP contribution in [0, 0.1) is 18.7 Å². The van der Waals surface area contributed by atoms with Gasteiger partial charge in [0.05, 0.1) is 5.75 Å². The molecular formula is C20H22FN5OS2. The van der Waals surface area contributed by atoms with E-state index >= 15 is 0 Å². The summed E-state index contributed by atoms with van der Waals surface area (Å²) in [6, 6.07) is 4.67. The zero-order valence-corrected chi connectivity index (χ0v) is 17.9. The smallest absolute Gasteiger partial charge is 0.234 e. The third kappa shape index (κ3) is 4.67. The summed E-state index contributed by atoms with van der Waals surface area (Å²) in [5, 5.41) is 4.44. The number of fused-ring (bicyclic) bond motifs is 1. The summed E-state index contributed by atoms with van der Waals surface area (Å²) in [5.41, 5.74) is 1.66. The van der Waals surface area contributed by atoms with E-state index in [1.165, 1.54) is 37.0 Å². The van der Waals surface area contributed by atoms with Crippen molar-refractivity contribution in [2.45, 2.75) is 31.7 Å². The lowest BCUT2D eigenvalue weighted by molar-refractivity contribution is -0.113. The summed E-state index contributed by atoms with van der Waals surface area (Å²) >= 11 is 2.92. The van der Waals surface area contributed by atoms with Gasteiger partial charge in [-0.3, -0.25) is 4.79 Å². The average Bonchev–Trinajstić information content (AvgIpc) is 3.14. The summed E-state index contributed by atoms with van der Waals surface area (Å²) in [6.07, 6.45) is 3.91. The van der Waals surface area contributed by atoms with Crippen LogP contribution in [0.15, 0.2) is 29.6 Å². The van der Waals surface area contributed by atoms with E-state index in [9.17, 15) is 9.18 Å². The maximum atomic E-state index is 13.7. The Kier molecular flexibility index (Phi) is 5.96. The number of rotatable bonds is 5. The number of carbonyl (C=O) groups excluding carboxylic acids is 1. The first kappa shape index (κ1) is 20.0. The molecule has 29 heavy (non-hydrogen) atoms. The van der Waals surface area contributed by atoms with Crippen molar-refractivity contribution in [3.8, 4) is 0 Å². The van der Waals surface area contributed by atoms with Gasteiger partial charge in [0.1, 0.15) is 21.9 Å². The standard InChI is InChI=1S/C20H22FN5OS2/c1-12-4-3-7-26(9-12)20-25-18-17(29-20)19(23-11-22-18)28-10-16(27)24-14-6-5-13(2)15(21)8-14/h5-6,8,11-12H,3-4,7,9-10H2,1-2H3,(H,24,27)/t12-/m0/s1. The van der Waals surface area contributed by atoms with Crippen molar-refractivity contribution in [3.63, 3.8) is 0 Å². The molecule has 1 N–H and O–H groups in total. The van der Waals surface area contributed by atoms with E-state index in [1.807, 2.05) is 0 Å². The Labute approximate surface area is 177 Å². The van der Waals surface area contributed by atoms with Gasteiger partial charge in [-0.15, -0.1) is 0 Å². The van der Waals surface area contributed by atoms with Crippen LogP contribution < -0.4 is 10.2 Å². The predicted octanol–water partition coefficient (Wildman–Crippen LogP) is 4.50. The highest BCUT2D eigenvalue weighted by molar-refractivity contribution is 8.00. The number of hydrogen-bond donors (Lipinski definition) is 1. The topological polar surface area (TPSA) is 71.0 Å². The van der Waals surface area contributed by atoms with Crippen molar-refractivity contribution in [3.05, 3.63) is 35.9 Å². The van der Waals surface area contributed by atoms with E-state index in [0.717, 1.165) is 27.9 Å². The molecule has 3 heterocycles. The molecular weight excluding hydrogens is 409 g/mol. The lowest BCUT2D eigenvalue weighted by atomic mass is 10.0. The summed E-state index contributed by atoms with van der Waals surface area (Å²) in [5.74, 6) is 0.290. The van der Waals surface area contributed by atoms with Crippen LogP contribution in [-0.4, -0.2) is 39.7 Å². The number of amides is 1. The van der Waals surface area contributed by atoms with Crippen molar-refractivity contribution >= 4 is 50.2 Å². The number of nitrogens with one attached hydrogen (secondary N) is 1. The molecule has 3 aromatic rings. The fourth-order valence-corrected chi connectivity index (χ4v) is 5.25. The molecule has 0 saturated carbocycles. The number of benzene rings is 1. The number of anilines is 2. The Morgan fingerprint density at radius 1 is 1.41 bits per heavy atom. The number of aromatic nitrogens is 3. The van der Waals surface area contributed by atoms with Crippen molar-refractivity contribution in [1.29, 1.82) is 0 Å². The average molecular weight is 432 g/mol. The molecule has 2 aromatic heterocycles. The maximum absolute atomic E-state index is 13.7. The van der Waals surface area contributed by atoms with Gasteiger partial charge in [-0.2, -0.15) is 4.98 Å². The molecule has 1 fully saturated rings. The molecule has 6 nitrogen and oxygen atoms in total. The van der Waals surface area contributed by atoms with Crippen LogP contribution in [0.1, 0.15) is 25.3 Å². The maximum Gasteiger partial charge on any atom is 0.234 e. The molecule has 0 unspecified atom stereocenters. The van der Waals surface area contributed by atoms with Crippen LogP contribution in [0.25, 0.3) is 10.3 Å². The number of piperidine rings is 1. The molecule has 152 valence electrons. The highest BCUT2D eigenvalue weighted by Gasteiger charge is 2.21. The second-order valence-electron chi connectivity index (χ2n) is 7.32. The van der Waals surface area contributed by atoms with Gasteiger partial charge in [0, 0.05) is 18.8 Å². The molecule has 9 heteroatoms. The zero-order chi connectivity index (χ0) is 20.4. The first-order valence-electron chi connectivity index (χ1n) is 9.55. The van der Waals surface area contributed by atoms with E-state index in [4.69, 9.17) is 0 Å². The second kappa shape index (κ2) is 8.62. The first-order valence-corrected chi connectivity index (χ1v) is 11.3. The Morgan fingerprint density at radius 3 is 3.07 bits per heavy atom. The molecule has 1 amide bonds. The largest absolute Gasteiger partial charge is 0.348 e. The van der Waals surface area contributed by atoms with E-state index in [1.54, 1.807) is 30.4 Å². The number of aryl methyl sites for hydroxylation is 1. The van der Waals surface area contributed by atoms with Crippen molar-refractivity contribution in [2.75, 3.05) is 29.1 Å². The van der Waals surface area contributed by atoms with Crippen LogP contribution >= 0.6 is 23.1 Å². The van der Waals surface area contributed by atoms with Gasteiger partial charge >= 0.3 is 0 Å². The predicted molar refractivity (Wildman–Crippen MR) is 116 cm³/mol. The monoisotopic (exact) mass is 431 g/mol. The van der Waals surface area contributed by atoms with Crippen LogP contribution in [0.5, 0.6) is 0 Å². The molecule has 0 spiro atoms. The second-order valence-corrected chi connectivity index (χ2v) is 9.26. The summed E-state index contributed by atoms with van der Waals surface area (Å²) in [4.78, 5) is 27.9. The normalized spacial score (nSPS) is 16.9. The number of thioether (sulfide) groups is 1. The molecule has 0 radical (unpaired) electrons. The van der Waals surface area contributed by atoms with Crippen molar-refractivity contribution < 1.29 is 9.18 Å². The molecule has 1 aliphatic heterocycles. The molecule has 1 aliphatic rings. The SMILES string of the molecule is Cc1ccc(NC(=O)CSc2ncnc3nc(N4CCC[C@H](C)C4)sc23)cc1F. The van der Waals surface area contributed by atoms with Gasteiger partial charge in [-0.25, -0.2) is 14.4 Å². The lowest BCUT2D eigenvalue weighted by Crippen LogP contribution is -2.34. The minimum absolute atomic E-state index is 0.176. The Bertz CT molecular complexity index is 1040. The fourth-order valence-electron chi connectivity index (χ4n) is 3.33. The highest BCUT2D eigenvalue weighted by atomic mass is 32.2. The molecule has 1 aromatic carbocycles. The summed E-state index contributed by atoms with van der Waals surface area (Å²) < 4.78 is 14.6. The number of thiazole rings is 1. The quantitative estimate of drug-likeness (QED) is 0.474. The van der Waals surface area contributed by atoms with Crippen LogP contribution in [0.4, 0.5) is 15.2 Å². The Hall–Kier alpha value is -2.26. The van der Waals surface area contributed by atoms with E-state index < -0.39 is 0 Å². The Balaban J connectivity index is 1.44. The van der Waals surface area contributed by atoms with Gasteiger partial charge in [0.2, 0.25) is 5.91 Å². The molecule has 1 saturated heterocycles. The van der Waals surface area contributed by atoms with Crippen molar-refractivity contribution in [2.24, 2.45) is 5.92 Å². The minimum Gasteiger partial charge on any atom is -0.348 e. The Morgan fingerprint density at radius 2 is 2.28 bits per heavy atom. The van der Waals surface area contributed by atoms with Crippen LogP contribution in [-0.2, 0) is 4.79 Å². The first-order chi connectivity index (χ1) is 14.0. The van der Waals surface area contributed by atoms with E-state index in [-0.39, 0.29) is 17.5 Å². The third-order valence-corrected chi connectivity index (χ3v) is 7.10. The number of carbonyl (C=O) groups is 1. The molecule has 0 aliphatic carbocycles. The summed E-state index contributed by atoms with van der Waals surface area (Å²) in [7, 11) is 0. The fraction of sp³-hybridized carbons (Fsp3) is 0.400. The van der Waals surface area contributed by atoms with Gasteiger partial charge in [-0.1, -0.05) is 36.1 Å². The lowest BCUT2D eigenvalue weighted by Gasteiger charge is -2.30. The van der Waals surface area contributed by atoms with Gasteiger partial charge in [-0.05, 0) is 43.4 Å². The van der Waals surface area contributed by atoms with Crippen LogP contribution in [0.3, 0.4) is 0 Å². The number of halogens is 1. The highest BCUT2D eigenvalue weighted by Crippen LogP contribution is 2.35. The van der Waals surface area contributed by atoms with Crippen LogP contribution in [0.2, 0.25) is 0 Å². The number of hydrogen-bond acceptors (Lipinski definition) is 7. The zero-order valence-electron chi connectivity index (χ0n) is 16.3. The van der Waals surface area contributed by atoms with Gasteiger partial charge in [0.15, 0.2) is 10.8 Å². The molecule has 4 rings (SSSR count). The van der Waals surface area contributed by atoms with Gasteiger partial charge in [0.25, 0.3) is 0 Å². The van der Waals surface area contributed by atoms with Gasteiger partial charge < -0.3 is 10.2 Å². The van der Waals surface area contributed by atoms with E-state index in [0.29, 0.717) is 22.8 Å². The van der Waals surface area contributed by atoms with E-state index in [2.05, 4.69) is 32.1 Å². The molecule has 1 atom stereocenters. The number of nitrogens with zero attached hydrogens (tertiary/aromatic N) is 4. The minimum atomic E-state index is -0.336. The summed E-state index contributed by atoms with van der Waals surface area (Å²) in [6.45, 7) is 5.96. The third-order valence-electron chi connectivity index (χ3n) is 4.87. The molecule has 0 bridgehead atoms. The van der Waals surface area contributed by atoms with Crippen molar-refractivity contribution in [1.82, 2.24) is 15.0 Å².